The van der Waals surface area contributed by atoms with E-state index in [4.69, 9.17) is 5.14 Å². The molecule has 0 amide bonds. The number of aromatic nitrogens is 3. The topological polar surface area (TPSA) is 90.9 Å². The van der Waals surface area contributed by atoms with E-state index in [2.05, 4.69) is 26.0 Å². The highest BCUT2D eigenvalue weighted by Gasteiger charge is 2.17. The van der Waals surface area contributed by atoms with Gasteiger partial charge in [-0.3, -0.25) is 0 Å². The normalized spacial score (nSPS) is 11.7. The van der Waals surface area contributed by atoms with Crippen LogP contribution in [0.4, 0.5) is 0 Å². The number of nitrogens with zero attached hydrogens (tertiary/aromatic N) is 3. The van der Waals surface area contributed by atoms with Gasteiger partial charge in [0.25, 0.3) is 0 Å². The van der Waals surface area contributed by atoms with Crippen molar-refractivity contribution in [3.63, 3.8) is 0 Å². The van der Waals surface area contributed by atoms with Gasteiger partial charge in [-0.2, -0.15) is 5.10 Å². The van der Waals surface area contributed by atoms with Gasteiger partial charge in [-0.15, -0.1) is 0 Å². The maximum absolute atomic E-state index is 11.2. The first-order valence-electron chi connectivity index (χ1n) is 4.59. The summed E-state index contributed by atoms with van der Waals surface area (Å²) in [4.78, 5) is 4.12. The van der Waals surface area contributed by atoms with Gasteiger partial charge >= 0.3 is 0 Å². The first kappa shape index (κ1) is 12.2. The van der Waals surface area contributed by atoms with E-state index >= 15 is 0 Å². The Hall–Kier alpha value is -1.25. The van der Waals surface area contributed by atoms with E-state index in [0.717, 1.165) is 4.47 Å². The molecule has 2 aromatic rings. The molecule has 2 rings (SSSR count). The van der Waals surface area contributed by atoms with Gasteiger partial charge in [-0.1, -0.05) is 0 Å². The fourth-order valence-electron chi connectivity index (χ4n) is 1.40. The molecule has 0 saturated carbocycles. The lowest BCUT2D eigenvalue weighted by molar-refractivity contribution is 0.597. The van der Waals surface area contributed by atoms with E-state index in [-0.39, 0.29) is 4.90 Å². The van der Waals surface area contributed by atoms with Crippen LogP contribution in [0.3, 0.4) is 0 Å². The minimum atomic E-state index is -3.75. The molecule has 0 aliphatic carbocycles. The van der Waals surface area contributed by atoms with E-state index in [1.165, 1.54) is 10.9 Å². The Labute approximate surface area is 107 Å². The molecule has 6 nitrogen and oxygen atoms in total. The fourth-order valence-corrected chi connectivity index (χ4v) is 2.33. The van der Waals surface area contributed by atoms with Crippen LogP contribution in [-0.4, -0.2) is 23.2 Å². The highest BCUT2D eigenvalue weighted by atomic mass is 79.9. The fraction of sp³-hybridized carbons (Fsp3) is 0.111. The molecule has 0 radical (unpaired) electrons. The molecule has 0 aliphatic heterocycles. The Kier molecular flexibility index (Phi) is 3.02. The van der Waals surface area contributed by atoms with Crippen molar-refractivity contribution in [1.82, 2.24) is 14.8 Å². The number of primary sulfonamides is 1. The summed E-state index contributed by atoms with van der Waals surface area (Å²) in [5.74, 6) is 0.528. The summed E-state index contributed by atoms with van der Waals surface area (Å²) in [7, 11) is -3.75. The summed E-state index contributed by atoms with van der Waals surface area (Å²) >= 11 is 3.27. The molecule has 2 aromatic heterocycles. The highest BCUT2D eigenvalue weighted by molar-refractivity contribution is 9.10. The molecule has 0 atom stereocenters. The molecule has 8 heteroatoms. The van der Waals surface area contributed by atoms with Gasteiger partial charge < -0.3 is 0 Å². The largest absolute Gasteiger partial charge is 0.241 e. The minimum Gasteiger partial charge on any atom is -0.236 e. The molecule has 0 aromatic carbocycles. The van der Waals surface area contributed by atoms with Gasteiger partial charge in [0.1, 0.15) is 4.90 Å². The summed E-state index contributed by atoms with van der Waals surface area (Å²) in [5.41, 5.74) is 0.433. The first-order chi connectivity index (χ1) is 7.89. The van der Waals surface area contributed by atoms with Crippen molar-refractivity contribution in [3.8, 4) is 5.82 Å². The smallest absolute Gasteiger partial charge is 0.236 e. The number of rotatable bonds is 2. The van der Waals surface area contributed by atoms with Crippen molar-refractivity contribution < 1.29 is 8.42 Å². The van der Waals surface area contributed by atoms with Gasteiger partial charge in [-0.05, 0) is 35.0 Å². The zero-order valence-corrected chi connectivity index (χ0v) is 11.2. The van der Waals surface area contributed by atoms with Gasteiger partial charge in [0.2, 0.25) is 10.0 Å². The number of halogens is 1. The molecule has 0 unspecified atom stereocenters. The predicted molar refractivity (Wildman–Crippen MR) is 65.2 cm³/mol. The molecule has 90 valence electrons. The van der Waals surface area contributed by atoms with Crippen molar-refractivity contribution in [1.29, 1.82) is 0 Å². The van der Waals surface area contributed by atoms with Crippen molar-refractivity contribution in [2.24, 2.45) is 5.14 Å². The molecule has 17 heavy (non-hydrogen) atoms. The number of hydrogen-bond acceptors (Lipinski definition) is 4. The predicted octanol–water partition coefficient (Wildman–Crippen LogP) is 0.986. The number of nitrogens with two attached hydrogens (primary N) is 1. The molecule has 0 bridgehead atoms. The van der Waals surface area contributed by atoms with Crippen LogP contribution in [-0.2, 0) is 10.0 Å². The molecule has 0 fully saturated rings. The second-order valence-electron chi connectivity index (χ2n) is 3.39. The van der Waals surface area contributed by atoms with Crippen LogP contribution in [0, 0.1) is 6.92 Å². The molecule has 2 N–H and O–H groups in total. The Balaban J connectivity index is 2.55. The van der Waals surface area contributed by atoms with Gasteiger partial charge in [0.05, 0.1) is 11.9 Å². The molecular weight excluding hydrogens is 308 g/mol. The van der Waals surface area contributed by atoms with E-state index in [0.29, 0.717) is 11.5 Å². The third-order valence-corrected chi connectivity index (χ3v) is 3.68. The molecule has 2 heterocycles. The first-order valence-corrected chi connectivity index (χ1v) is 6.93. The van der Waals surface area contributed by atoms with Crippen molar-refractivity contribution in [2.75, 3.05) is 0 Å². The standard InChI is InChI=1S/C9H9BrN4O2S/c1-6-8(17(11,15)16)5-13-14(6)9-3-2-7(10)4-12-9/h2-5H,1H3,(H2,11,15,16). The number of sulfonamides is 1. The molecule has 0 spiro atoms. The SMILES string of the molecule is Cc1c(S(N)(=O)=O)cnn1-c1ccc(Br)cn1. The van der Waals surface area contributed by atoms with Crippen LogP contribution < -0.4 is 5.14 Å². The van der Waals surface area contributed by atoms with Gasteiger partial charge in [0.15, 0.2) is 5.82 Å². The van der Waals surface area contributed by atoms with Crippen molar-refractivity contribution >= 4 is 26.0 Å². The second kappa shape index (κ2) is 4.21. The average molecular weight is 317 g/mol. The maximum atomic E-state index is 11.2. The van der Waals surface area contributed by atoms with Gasteiger partial charge in [-0.25, -0.2) is 23.2 Å². The zero-order valence-electron chi connectivity index (χ0n) is 8.83. The monoisotopic (exact) mass is 316 g/mol. The lowest BCUT2D eigenvalue weighted by atomic mass is 10.4. The average Bonchev–Trinajstić information content (AvgIpc) is 2.61. The van der Waals surface area contributed by atoms with E-state index in [9.17, 15) is 8.42 Å². The van der Waals surface area contributed by atoms with E-state index < -0.39 is 10.0 Å². The molecule has 0 saturated heterocycles. The lowest BCUT2D eigenvalue weighted by Crippen LogP contribution is -2.13. The van der Waals surface area contributed by atoms with Crippen LogP contribution in [0.25, 0.3) is 5.82 Å². The Morgan fingerprint density at radius 2 is 2.06 bits per heavy atom. The van der Waals surface area contributed by atoms with E-state index in [1.54, 1.807) is 25.3 Å². The Morgan fingerprint density at radius 3 is 2.53 bits per heavy atom. The summed E-state index contributed by atoms with van der Waals surface area (Å²) in [6.07, 6.45) is 2.82. The number of hydrogen-bond donors (Lipinski definition) is 1. The van der Waals surface area contributed by atoms with Crippen molar-refractivity contribution in [2.45, 2.75) is 11.8 Å². The quantitative estimate of drug-likeness (QED) is 0.894. The summed E-state index contributed by atoms with van der Waals surface area (Å²) in [5, 5.41) is 9.03. The van der Waals surface area contributed by atoms with Gasteiger partial charge in [0, 0.05) is 10.7 Å². The van der Waals surface area contributed by atoms with Crippen molar-refractivity contribution in [3.05, 3.63) is 34.7 Å². The Bertz CT molecular complexity index is 648. The highest BCUT2D eigenvalue weighted by Crippen LogP contribution is 2.17. The van der Waals surface area contributed by atoms with Crippen LogP contribution in [0.5, 0.6) is 0 Å². The number of pyridine rings is 1. The van der Waals surface area contributed by atoms with Crippen LogP contribution in [0.2, 0.25) is 0 Å². The Morgan fingerprint density at radius 1 is 1.35 bits per heavy atom. The third-order valence-electron chi connectivity index (χ3n) is 2.20. The molecule has 0 aliphatic rings. The summed E-state index contributed by atoms with van der Waals surface area (Å²) in [6, 6.07) is 3.51. The maximum Gasteiger partial charge on any atom is 0.241 e. The van der Waals surface area contributed by atoms with Crippen LogP contribution in [0.15, 0.2) is 33.9 Å². The minimum absolute atomic E-state index is 0.00205. The second-order valence-corrected chi connectivity index (χ2v) is 5.83. The zero-order chi connectivity index (χ0) is 12.6. The van der Waals surface area contributed by atoms with E-state index in [1.807, 2.05) is 0 Å². The summed E-state index contributed by atoms with van der Waals surface area (Å²) < 4.78 is 24.8. The third kappa shape index (κ3) is 2.38. The van der Waals surface area contributed by atoms with Crippen LogP contribution in [0.1, 0.15) is 5.69 Å². The molecular formula is C9H9BrN4O2S. The summed E-state index contributed by atoms with van der Waals surface area (Å²) in [6.45, 7) is 1.62. The van der Waals surface area contributed by atoms with Crippen LogP contribution >= 0.6 is 15.9 Å². The lowest BCUT2D eigenvalue weighted by Gasteiger charge is -2.03.